The number of amides is 1. The number of benzene rings is 1. The summed E-state index contributed by atoms with van der Waals surface area (Å²) in [6, 6.07) is 5.00. The molecular formula is C18H16F3N3O2S. The van der Waals surface area contributed by atoms with E-state index in [0.717, 1.165) is 25.0 Å². The summed E-state index contributed by atoms with van der Waals surface area (Å²) in [5, 5.41) is 4.53. The highest BCUT2D eigenvalue weighted by molar-refractivity contribution is 7.15. The fourth-order valence-corrected chi connectivity index (χ4v) is 3.90. The lowest BCUT2D eigenvalue weighted by Gasteiger charge is -2.10. The number of carbonyl (C=O) groups is 1. The SMILES string of the molecule is O=C(NCC1CCCO1)c1csc2nc(-c3cccc(C(F)(F)F)c3)cn12. The number of ether oxygens (including phenoxy) is 1. The van der Waals surface area contributed by atoms with Crippen molar-refractivity contribution in [3.63, 3.8) is 0 Å². The molecule has 5 nitrogen and oxygen atoms in total. The highest BCUT2D eigenvalue weighted by Gasteiger charge is 2.30. The Balaban J connectivity index is 1.58. The summed E-state index contributed by atoms with van der Waals surface area (Å²) >= 11 is 1.26. The molecule has 0 aliphatic carbocycles. The zero-order valence-corrected chi connectivity index (χ0v) is 14.9. The van der Waals surface area contributed by atoms with Crippen LogP contribution in [-0.2, 0) is 10.9 Å². The molecular weight excluding hydrogens is 379 g/mol. The normalized spacial score (nSPS) is 17.5. The van der Waals surface area contributed by atoms with Crippen molar-refractivity contribution in [2.75, 3.05) is 13.2 Å². The van der Waals surface area contributed by atoms with Crippen LogP contribution in [0.2, 0.25) is 0 Å². The highest BCUT2D eigenvalue weighted by Crippen LogP contribution is 2.32. The Labute approximate surface area is 156 Å². The van der Waals surface area contributed by atoms with E-state index in [-0.39, 0.29) is 12.0 Å². The molecule has 4 rings (SSSR count). The average Bonchev–Trinajstić information content (AvgIpc) is 3.35. The minimum atomic E-state index is -4.42. The van der Waals surface area contributed by atoms with E-state index in [2.05, 4.69) is 10.3 Å². The Morgan fingerprint density at radius 3 is 3.00 bits per heavy atom. The van der Waals surface area contributed by atoms with Crippen molar-refractivity contribution < 1.29 is 22.7 Å². The maximum Gasteiger partial charge on any atom is 0.416 e. The standard InChI is InChI=1S/C18H16F3N3O2S/c19-18(20,21)12-4-1-3-11(7-12)14-9-24-15(10-27-17(24)23-14)16(25)22-8-13-5-2-6-26-13/h1,3-4,7,9-10,13H,2,5-6,8H2,(H,22,25). The lowest BCUT2D eigenvalue weighted by Crippen LogP contribution is -2.32. The molecule has 9 heteroatoms. The van der Waals surface area contributed by atoms with Gasteiger partial charge >= 0.3 is 6.18 Å². The molecule has 0 radical (unpaired) electrons. The number of halogens is 3. The van der Waals surface area contributed by atoms with Gasteiger partial charge in [-0.15, -0.1) is 11.3 Å². The third-order valence-corrected chi connectivity index (χ3v) is 5.28. The zero-order valence-electron chi connectivity index (χ0n) is 14.1. The largest absolute Gasteiger partial charge is 0.416 e. The smallest absolute Gasteiger partial charge is 0.376 e. The molecule has 0 spiro atoms. The van der Waals surface area contributed by atoms with Crippen LogP contribution in [0.4, 0.5) is 13.2 Å². The average molecular weight is 395 g/mol. The molecule has 1 amide bonds. The van der Waals surface area contributed by atoms with E-state index in [9.17, 15) is 18.0 Å². The van der Waals surface area contributed by atoms with E-state index in [1.807, 2.05) is 0 Å². The number of aromatic nitrogens is 2. The number of hydrogen-bond acceptors (Lipinski definition) is 4. The number of nitrogens with zero attached hydrogens (tertiary/aromatic N) is 2. The van der Waals surface area contributed by atoms with Gasteiger partial charge in [-0.3, -0.25) is 9.20 Å². The van der Waals surface area contributed by atoms with Gasteiger partial charge in [-0.05, 0) is 25.0 Å². The van der Waals surface area contributed by atoms with Gasteiger partial charge in [0, 0.05) is 30.3 Å². The van der Waals surface area contributed by atoms with Gasteiger partial charge in [0.1, 0.15) is 5.69 Å². The van der Waals surface area contributed by atoms with Gasteiger partial charge in [-0.25, -0.2) is 4.98 Å². The summed E-state index contributed by atoms with van der Waals surface area (Å²) in [5.74, 6) is -0.259. The Morgan fingerprint density at radius 2 is 2.26 bits per heavy atom. The van der Waals surface area contributed by atoms with E-state index < -0.39 is 11.7 Å². The second kappa shape index (κ2) is 6.97. The van der Waals surface area contributed by atoms with Crippen molar-refractivity contribution in [1.82, 2.24) is 14.7 Å². The number of hydrogen-bond donors (Lipinski definition) is 1. The summed E-state index contributed by atoms with van der Waals surface area (Å²) in [6.45, 7) is 1.15. The van der Waals surface area contributed by atoms with Gasteiger partial charge in [0.05, 0.1) is 17.4 Å². The third kappa shape index (κ3) is 3.70. The summed E-state index contributed by atoms with van der Waals surface area (Å²) in [7, 11) is 0. The van der Waals surface area contributed by atoms with Crippen molar-refractivity contribution in [3.8, 4) is 11.3 Å². The van der Waals surface area contributed by atoms with Crippen molar-refractivity contribution >= 4 is 22.2 Å². The minimum absolute atomic E-state index is 0.0338. The lowest BCUT2D eigenvalue weighted by atomic mass is 10.1. The lowest BCUT2D eigenvalue weighted by molar-refractivity contribution is -0.137. The van der Waals surface area contributed by atoms with Crippen LogP contribution in [0.5, 0.6) is 0 Å². The summed E-state index contributed by atoms with van der Waals surface area (Å²) in [4.78, 5) is 17.4. The molecule has 1 N–H and O–H groups in total. The second-order valence-corrected chi connectivity index (χ2v) is 7.16. The Morgan fingerprint density at radius 1 is 1.41 bits per heavy atom. The number of alkyl halides is 3. The van der Waals surface area contributed by atoms with Crippen molar-refractivity contribution in [2.24, 2.45) is 0 Å². The van der Waals surface area contributed by atoms with Crippen LogP contribution in [0.3, 0.4) is 0 Å². The second-order valence-electron chi connectivity index (χ2n) is 6.32. The number of thiazole rings is 1. The topological polar surface area (TPSA) is 55.6 Å². The van der Waals surface area contributed by atoms with E-state index >= 15 is 0 Å². The number of carbonyl (C=O) groups excluding carboxylic acids is 1. The van der Waals surface area contributed by atoms with Crippen LogP contribution < -0.4 is 5.32 Å². The number of nitrogens with one attached hydrogen (secondary N) is 1. The molecule has 1 unspecified atom stereocenters. The molecule has 1 aromatic carbocycles. The van der Waals surface area contributed by atoms with Gasteiger partial charge in [0.2, 0.25) is 0 Å². The third-order valence-electron chi connectivity index (χ3n) is 4.44. The number of fused-ring (bicyclic) bond motifs is 1. The monoisotopic (exact) mass is 395 g/mol. The molecule has 3 heterocycles. The predicted octanol–water partition coefficient (Wildman–Crippen LogP) is 3.99. The van der Waals surface area contributed by atoms with E-state index in [1.54, 1.807) is 22.0 Å². The molecule has 1 aliphatic heterocycles. The number of imidazole rings is 1. The van der Waals surface area contributed by atoms with Crippen molar-refractivity contribution in [3.05, 3.63) is 47.1 Å². The quantitative estimate of drug-likeness (QED) is 0.727. The van der Waals surface area contributed by atoms with Gasteiger partial charge < -0.3 is 10.1 Å². The van der Waals surface area contributed by atoms with Crippen molar-refractivity contribution in [2.45, 2.75) is 25.1 Å². The fraction of sp³-hybridized carbons (Fsp3) is 0.333. The van der Waals surface area contributed by atoms with E-state index in [1.165, 1.54) is 17.4 Å². The molecule has 27 heavy (non-hydrogen) atoms. The maximum atomic E-state index is 12.9. The number of rotatable bonds is 4. The maximum absolute atomic E-state index is 12.9. The molecule has 1 saturated heterocycles. The molecule has 0 bridgehead atoms. The van der Waals surface area contributed by atoms with Gasteiger partial charge in [-0.1, -0.05) is 12.1 Å². The van der Waals surface area contributed by atoms with Gasteiger partial charge in [0.25, 0.3) is 5.91 Å². The Hall–Kier alpha value is -2.39. The predicted molar refractivity (Wildman–Crippen MR) is 94.8 cm³/mol. The highest BCUT2D eigenvalue weighted by atomic mass is 32.1. The van der Waals surface area contributed by atoms with Crippen molar-refractivity contribution in [1.29, 1.82) is 0 Å². The van der Waals surface area contributed by atoms with Gasteiger partial charge in [0.15, 0.2) is 4.96 Å². The van der Waals surface area contributed by atoms with Crippen LogP contribution >= 0.6 is 11.3 Å². The van der Waals surface area contributed by atoms with Crippen LogP contribution in [0.15, 0.2) is 35.8 Å². The fourth-order valence-electron chi connectivity index (χ4n) is 3.04. The van der Waals surface area contributed by atoms with Crippen LogP contribution in [0, 0.1) is 0 Å². The molecule has 1 atom stereocenters. The molecule has 3 aromatic rings. The Bertz CT molecular complexity index is 974. The first kappa shape index (κ1) is 18.0. The molecule has 0 saturated carbocycles. The van der Waals surface area contributed by atoms with Gasteiger partial charge in [-0.2, -0.15) is 13.2 Å². The first-order valence-electron chi connectivity index (χ1n) is 8.46. The Kier molecular flexibility index (Phi) is 4.65. The first-order valence-corrected chi connectivity index (χ1v) is 9.34. The van der Waals surface area contributed by atoms with Crippen LogP contribution in [0.1, 0.15) is 28.9 Å². The first-order chi connectivity index (χ1) is 12.9. The molecule has 2 aromatic heterocycles. The minimum Gasteiger partial charge on any atom is -0.376 e. The summed E-state index contributed by atoms with van der Waals surface area (Å²) in [5.41, 5.74) is 0.414. The van der Waals surface area contributed by atoms with E-state index in [4.69, 9.17) is 4.74 Å². The summed E-state index contributed by atoms with van der Waals surface area (Å²) < 4.78 is 45.9. The molecule has 142 valence electrons. The zero-order chi connectivity index (χ0) is 19.0. The summed E-state index contributed by atoms with van der Waals surface area (Å²) in [6.07, 6.45) is -0.885. The molecule has 1 fully saturated rings. The molecule has 1 aliphatic rings. The van der Waals surface area contributed by atoms with E-state index in [0.29, 0.717) is 35.1 Å². The van der Waals surface area contributed by atoms with Crippen LogP contribution in [0.25, 0.3) is 16.2 Å². The van der Waals surface area contributed by atoms with Crippen LogP contribution in [-0.4, -0.2) is 34.5 Å².